The van der Waals surface area contributed by atoms with Crippen molar-refractivity contribution in [2.45, 2.75) is 19.3 Å². The van der Waals surface area contributed by atoms with Gasteiger partial charge >= 0.3 is 0 Å². The lowest BCUT2D eigenvalue weighted by Gasteiger charge is -2.22. The van der Waals surface area contributed by atoms with Gasteiger partial charge in [0, 0.05) is 37.5 Å². The van der Waals surface area contributed by atoms with Crippen molar-refractivity contribution in [3.63, 3.8) is 0 Å². The van der Waals surface area contributed by atoms with Gasteiger partial charge in [-0.1, -0.05) is 0 Å². The fourth-order valence-electron chi connectivity index (χ4n) is 3.26. The number of aromatic nitrogens is 2. The number of nitrogens with one attached hydrogen (secondary N) is 2. The molecule has 0 radical (unpaired) electrons. The molecule has 2 N–H and O–H groups in total. The number of piperidine rings is 1. The van der Waals surface area contributed by atoms with Gasteiger partial charge in [-0.15, -0.1) is 0 Å². The zero-order valence-electron chi connectivity index (χ0n) is 14.8. The van der Waals surface area contributed by atoms with Crippen molar-refractivity contribution < 1.29 is 9.72 Å². The van der Waals surface area contributed by atoms with Gasteiger partial charge in [0.1, 0.15) is 5.69 Å². The highest BCUT2D eigenvalue weighted by Gasteiger charge is 2.19. The van der Waals surface area contributed by atoms with E-state index < -0.39 is 4.92 Å². The SMILES string of the molecule is Cn1cc(C(=O)NCCC2CCCNC2)c(-c2ccc([N+](=O)[O-])cc2)n1. The highest BCUT2D eigenvalue weighted by atomic mass is 16.6. The summed E-state index contributed by atoms with van der Waals surface area (Å²) in [5.74, 6) is 0.433. The molecule has 2 heterocycles. The summed E-state index contributed by atoms with van der Waals surface area (Å²) in [6.07, 6.45) is 5.01. The molecular weight excluding hydrogens is 334 g/mol. The summed E-state index contributed by atoms with van der Waals surface area (Å²) in [5.41, 5.74) is 1.69. The van der Waals surface area contributed by atoms with Crippen molar-refractivity contribution >= 4 is 11.6 Å². The van der Waals surface area contributed by atoms with E-state index in [0.717, 1.165) is 19.5 Å². The normalized spacial score (nSPS) is 17.0. The molecule has 0 bridgehead atoms. The van der Waals surface area contributed by atoms with Gasteiger partial charge in [-0.25, -0.2) is 0 Å². The largest absolute Gasteiger partial charge is 0.352 e. The molecule has 1 aliphatic rings. The average molecular weight is 357 g/mol. The monoisotopic (exact) mass is 357 g/mol. The lowest BCUT2D eigenvalue weighted by atomic mass is 9.96. The molecule has 2 aromatic rings. The third-order valence-electron chi connectivity index (χ3n) is 4.66. The third-order valence-corrected chi connectivity index (χ3v) is 4.66. The molecule has 1 amide bonds. The summed E-state index contributed by atoms with van der Waals surface area (Å²) in [6.45, 7) is 2.72. The van der Waals surface area contributed by atoms with E-state index in [1.54, 1.807) is 30.1 Å². The van der Waals surface area contributed by atoms with Crippen LogP contribution in [0.5, 0.6) is 0 Å². The summed E-state index contributed by atoms with van der Waals surface area (Å²) in [6, 6.07) is 6.07. The van der Waals surface area contributed by atoms with E-state index in [9.17, 15) is 14.9 Å². The lowest BCUT2D eigenvalue weighted by Crippen LogP contribution is -2.33. The van der Waals surface area contributed by atoms with Crippen LogP contribution in [0.2, 0.25) is 0 Å². The summed E-state index contributed by atoms with van der Waals surface area (Å²) in [7, 11) is 1.75. The zero-order valence-corrected chi connectivity index (χ0v) is 14.8. The van der Waals surface area contributed by atoms with E-state index in [-0.39, 0.29) is 11.6 Å². The summed E-state index contributed by atoms with van der Waals surface area (Å²) in [4.78, 5) is 22.9. The van der Waals surface area contributed by atoms with Gasteiger partial charge in [0.2, 0.25) is 0 Å². The summed E-state index contributed by atoms with van der Waals surface area (Å²) >= 11 is 0. The third kappa shape index (κ3) is 4.26. The predicted octanol–water partition coefficient (Wildman–Crippen LogP) is 2.11. The Bertz CT molecular complexity index is 779. The molecule has 1 aromatic carbocycles. The van der Waals surface area contributed by atoms with Crippen LogP contribution in [0.3, 0.4) is 0 Å². The predicted molar refractivity (Wildman–Crippen MR) is 97.8 cm³/mol. The van der Waals surface area contributed by atoms with Crippen molar-refractivity contribution in [3.05, 3.63) is 46.1 Å². The topological polar surface area (TPSA) is 102 Å². The molecule has 1 fully saturated rings. The van der Waals surface area contributed by atoms with Crippen LogP contribution in [-0.4, -0.2) is 40.2 Å². The number of hydrogen-bond acceptors (Lipinski definition) is 5. The number of benzene rings is 1. The van der Waals surface area contributed by atoms with Gasteiger partial charge in [-0.2, -0.15) is 5.10 Å². The highest BCUT2D eigenvalue weighted by Crippen LogP contribution is 2.24. The molecule has 1 atom stereocenters. The molecule has 0 spiro atoms. The van der Waals surface area contributed by atoms with Crippen molar-refractivity contribution in [1.82, 2.24) is 20.4 Å². The Hall–Kier alpha value is -2.74. The Morgan fingerprint density at radius 1 is 1.42 bits per heavy atom. The second-order valence-corrected chi connectivity index (χ2v) is 6.63. The van der Waals surface area contributed by atoms with Gasteiger partial charge in [0.05, 0.1) is 10.5 Å². The maximum Gasteiger partial charge on any atom is 0.269 e. The fourth-order valence-corrected chi connectivity index (χ4v) is 3.26. The van der Waals surface area contributed by atoms with Crippen molar-refractivity contribution in [2.75, 3.05) is 19.6 Å². The Kier molecular flexibility index (Phi) is 5.62. The number of carbonyl (C=O) groups excluding carboxylic acids is 1. The zero-order chi connectivity index (χ0) is 18.5. The second kappa shape index (κ2) is 8.09. The summed E-state index contributed by atoms with van der Waals surface area (Å²) < 4.78 is 1.58. The number of nitrogens with zero attached hydrogens (tertiary/aromatic N) is 3. The first-order valence-electron chi connectivity index (χ1n) is 8.82. The van der Waals surface area contributed by atoms with Gasteiger partial charge < -0.3 is 10.6 Å². The standard InChI is InChI=1S/C18H23N5O3/c1-22-12-16(18(24)20-10-8-13-3-2-9-19-11-13)17(21-22)14-4-6-15(7-5-14)23(25)26/h4-7,12-13,19H,2-3,8-11H2,1H3,(H,20,24). The molecule has 1 aliphatic heterocycles. The molecule has 8 nitrogen and oxygen atoms in total. The minimum Gasteiger partial charge on any atom is -0.352 e. The second-order valence-electron chi connectivity index (χ2n) is 6.63. The quantitative estimate of drug-likeness (QED) is 0.609. The van der Waals surface area contributed by atoms with Crippen LogP contribution in [0, 0.1) is 16.0 Å². The van der Waals surface area contributed by atoms with Gasteiger partial charge in [-0.3, -0.25) is 19.6 Å². The number of hydrogen-bond donors (Lipinski definition) is 2. The van der Waals surface area contributed by atoms with E-state index in [0.29, 0.717) is 29.3 Å². The smallest absolute Gasteiger partial charge is 0.269 e. The number of nitro benzene ring substituents is 1. The van der Waals surface area contributed by atoms with Crippen molar-refractivity contribution in [1.29, 1.82) is 0 Å². The van der Waals surface area contributed by atoms with Crippen LogP contribution in [0.25, 0.3) is 11.3 Å². The van der Waals surface area contributed by atoms with Crippen molar-refractivity contribution in [2.24, 2.45) is 13.0 Å². The van der Waals surface area contributed by atoms with Crippen LogP contribution < -0.4 is 10.6 Å². The Balaban J connectivity index is 1.67. The van der Waals surface area contributed by atoms with E-state index >= 15 is 0 Å². The molecule has 1 unspecified atom stereocenters. The Labute approximate surface area is 151 Å². The first-order chi connectivity index (χ1) is 12.5. The Morgan fingerprint density at radius 3 is 2.85 bits per heavy atom. The van der Waals surface area contributed by atoms with Gasteiger partial charge in [0.25, 0.3) is 11.6 Å². The minimum absolute atomic E-state index is 0.0109. The fraction of sp³-hybridized carbons (Fsp3) is 0.444. The first-order valence-corrected chi connectivity index (χ1v) is 8.82. The molecular formula is C18H23N5O3. The van der Waals surface area contributed by atoms with Crippen LogP contribution in [0.1, 0.15) is 29.6 Å². The van der Waals surface area contributed by atoms with E-state index in [4.69, 9.17) is 0 Å². The summed E-state index contributed by atoms with van der Waals surface area (Å²) in [5, 5.41) is 21.5. The maximum absolute atomic E-state index is 12.6. The number of non-ortho nitro benzene ring substituents is 1. The van der Waals surface area contributed by atoms with Crippen molar-refractivity contribution in [3.8, 4) is 11.3 Å². The van der Waals surface area contributed by atoms with Crippen LogP contribution in [0.15, 0.2) is 30.5 Å². The molecule has 1 aromatic heterocycles. The maximum atomic E-state index is 12.6. The van der Waals surface area contributed by atoms with Gasteiger partial charge in [-0.05, 0) is 50.4 Å². The molecule has 1 saturated heterocycles. The average Bonchev–Trinajstić information content (AvgIpc) is 3.04. The molecule has 8 heteroatoms. The number of rotatable bonds is 6. The van der Waals surface area contributed by atoms with Crippen LogP contribution >= 0.6 is 0 Å². The first kappa shape index (κ1) is 18.1. The Morgan fingerprint density at radius 2 is 2.19 bits per heavy atom. The number of amides is 1. The minimum atomic E-state index is -0.448. The van der Waals surface area contributed by atoms with Gasteiger partial charge in [0.15, 0.2) is 0 Å². The lowest BCUT2D eigenvalue weighted by molar-refractivity contribution is -0.384. The van der Waals surface area contributed by atoms with Crippen LogP contribution in [-0.2, 0) is 7.05 Å². The molecule has 0 saturated carbocycles. The molecule has 3 rings (SSSR count). The molecule has 138 valence electrons. The molecule has 26 heavy (non-hydrogen) atoms. The number of aryl methyl sites for hydroxylation is 1. The number of nitro groups is 1. The van der Waals surface area contributed by atoms with E-state index in [1.807, 2.05) is 0 Å². The van der Waals surface area contributed by atoms with E-state index in [2.05, 4.69) is 15.7 Å². The van der Waals surface area contributed by atoms with E-state index in [1.165, 1.54) is 25.0 Å². The highest BCUT2D eigenvalue weighted by molar-refractivity contribution is 5.99. The number of carbonyl (C=O) groups is 1. The van der Waals surface area contributed by atoms with Crippen LogP contribution in [0.4, 0.5) is 5.69 Å². The molecule has 0 aliphatic carbocycles.